The van der Waals surface area contributed by atoms with Crippen molar-refractivity contribution in [1.82, 2.24) is 15.5 Å². The van der Waals surface area contributed by atoms with E-state index in [0.717, 1.165) is 12.0 Å². The van der Waals surface area contributed by atoms with Gasteiger partial charge in [-0.2, -0.15) is 0 Å². The summed E-state index contributed by atoms with van der Waals surface area (Å²) < 4.78 is 5.08. The standard InChI is InChI=1S/C19H27N3O5/c1-13(2)21-19(26)22-11-3-4-16(22)18(25)20-10-9-14-5-7-15(8-6-14)27-12-17(23)24/h5-8,13,16H,3-4,9-12H2,1-2H3,(H,20,25)(H,21,26)(H,23,24)/t16-/m0/s1. The zero-order valence-corrected chi connectivity index (χ0v) is 15.7. The molecule has 0 bridgehead atoms. The van der Waals surface area contributed by atoms with Crippen LogP contribution in [0.3, 0.4) is 0 Å². The molecule has 0 unspecified atom stereocenters. The van der Waals surface area contributed by atoms with Crippen LogP contribution in [0.1, 0.15) is 32.3 Å². The van der Waals surface area contributed by atoms with Gasteiger partial charge in [-0.3, -0.25) is 4.79 Å². The number of nitrogens with one attached hydrogen (secondary N) is 2. The minimum Gasteiger partial charge on any atom is -0.482 e. The summed E-state index contributed by atoms with van der Waals surface area (Å²) >= 11 is 0. The fourth-order valence-electron chi connectivity index (χ4n) is 2.96. The molecule has 1 aliphatic heterocycles. The fraction of sp³-hybridized carbons (Fsp3) is 0.526. The Balaban J connectivity index is 1.78. The number of urea groups is 1. The van der Waals surface area contributed by atoms with Crippen molar-refractivity contribution in [1.29, 1.82) is 0 Å². The van der Waals surface area contributed by atoms with Gasteiger partial charge in [0.25, 0.3) is 0 Å². The Morgan fingerprint density at radius 3 is 2.59 bits per heavy atom. The van der Waals surface area contributed by atoms with Gasteiger partial charge in [-0.25, -0.2) is 9.59 Å². The third-order valence-corrected chi connectivity index (χ3v) is 4.23. The highest BCUT2D eigenvalue weighted by Crippen LogP contribution is 2.18. The van der Waals surface area contributed by atoms with E-state index >= 15 is 0 Å². The molecule has 2 rings (SSSR count). The topological polar surface area (TPSA) is 108 Å². The normalized spacial score (nSPS) is 16.3. The van der Waals surface area contributed by atoms with E-state index in [0.29, 0.717) is 31.7 Å². The highest BCUT2D eigenvalue weighted by Gasteiger charge is 2.33. The lowest BCUT2D eigenvalue weighted by Gasteiger charge is -2.25. The minimum atomic E-state index is -1.02. The highest BCUT2D eigenvalue weighted by molar-refractivity contribution is 5.87. The molecule has 148 valence electrons. The van der Waals surface area contributed by atoms with Gasteiger partial charge in [0.05, 0.1) is 0 Å². The summed E-state index contributed by atoms with van der Waals surface area (Å²) in [6, 6.07) is 6.49. The molecule has 3 amide bonds. The Kier molecular flexibility index (Phi) is 7.45. The number of likely N-dealkylation sites (tertiary alicyclic amines) is 1. The molecule has 0 radical (unpaired) electrons. The molecule has 0 aliphatic carbocycles. The Morgan fingerprint density at radius 1 is 1.26 bits per heavy atom. The van der Waals surface area contributed by atoms with Crippen molar-refractivity contribution in [2.24, 2.45) is 0 Å². The smallest absolute Gasteiger partial charge is 0.341 e. The lowest BCUT2D eigenvalue weighted by Crippen LogP contribution is -2.51. The van der Waals surface area contributed by atoms with Crippen LogP contribution in [-0.2, 0) is 16.0 Å². The number of carboxylic acid groups (broad SMARTS) is 1. The molecule has 1 fully saturated rings. The van der Waals surface area contributed by atoms with Crippen LogP contribution in [0.25, 0.3) is 0 Å². The van der Waals surface area contributed by atoms with E-state index < -0.39 is 12.0 Å². The maximum absolute atomic E-state index is 12.4. The van der Waals surface area contributed by atoms with Crippen LogP contribution in [0, 0.1) is 0 Å². The molecule has 27 heavy (non-hydrogen) atoms. The fourth-order valence-corrected chi connectivity index (χ4v) is 2.96. The summed E-state index contributed by atoms with van der Waals surface area (Å²) in [5, 5.41) is 14.3. The number of hydrogen-bond acceptors (Lipinski definition) is 4. The van der Waals surface area contributed by atoms with E-state index in [4.69, 9.17) is 9.84 Å². The zero-order valence-electron chi connectivity index (χ0n) is 15.7. The first kappa shape index (κ1) is 20.5. The summed E-state index contributed by atoms with van der Waals surface area (Å²) in [4.78, 5) is 36.7. The van der Waals surface area contributed by atoms with Gasteiger partial charge in [0.1, 0.15) is 11.8 Å². The predicted molar refractivity (Wildman–Crippen MR) is 99.7 cm³/mol. The Labute approximate surface area is 158 Å². The molecule has 1 heterocycles. The first-order chi connectivity index (χ1) is 12.9. The van der Waals surface area contributed by atoms with Gasteiger partial charge >= 0.3 is 12.0 Å². The minimum absolute atomic E-state index is 0.0317. The average molecular weight is 377 g/mol. The quantitative estimate of drug-likeness (QED) is 0.634. The average Bonchev–Trinajstić information content (AvgIpc) is 3.10. The molecule has 1 aliphatic rings. The van der Waals surface area contributed by atoms with Crippen LogP contribution in [-0.4, -0.2) is 59.7 Å². The van der Waals surface area contributed by atoms with Crippen LogP contribution in [0.15, 0.2) is 24.3 Å². The first-order valence-corrected chi connectivity index (χ1v) is 9.15. The molecule has 0 aromatic heterocycles. The van der Waals surface area contributed by atoms with E-state index in [2.05, 4.69) is 10.6 Å². The summed E-state index contributed by atoms with van der Waals surface area (Å²) in [6.45, 7) is 4.46. The molecule has 1 atom stereocenters. The highest BCUT2D eigenvalue weighted by atomic mass is 16.5. The Hall–Kier alpha value is -2.77. The van der Waals surface area contributed by atoms with E-state index in [-0.39, 0.29) is 24.6 Å². The second kappa shape index (κ2) is 9.80. The SMILES string of the molecule is CC(C)NC(=O)N1CCC[C@H]1C(=O)NCCc1ccc(OCC(=O)O)cc1. The van der Waals surface area contributed by atoms with E-state index in [1.165, 1.54) is 0 Å². The van der Waals surface area contributed by atoms with E-state index in [1.54, 1.807) is 17.0 Å². The molecular weight excluding hydrogens is 350 g/mol. The number of hydrogen-bond donors (Lipinski definition) is 3. The second-order valence-electron chi connectivity index (χ2n) is 6.82. The molecule has 1 saturated heterocycles. The van der Waals surface area contributed by atoms with Gasteiger partial charge in [-0.1, -0.05) is 12.1 Å². The first-order valence-electron chi connectivity index (χ1n) is 9.15. The monoisotopic (exact) mass is 377 g/mol. The maximum Gasteiger partial charge on any atom is 0.341 e. The molecular formula is C19H27N3O5. The summed E-state index contributed by atoms with van der Waals surface area (Å²) in [5.41, 5.74) is 0.999. The van der Waals surface area contributed by atoms with Crippen LogP contribution < -0.4 is 15.4 Å². The second-order valence-corrected chi connectivity index (χ2v) is 6.82. The van der Waals surface area contributed by atoms with Gasteiger partial charge < -0.3 is 25.4 Å². The van der Waals surface area contributed by atoms with Crippen LogP contribution >= 0.6 is 0 Å². The van der Waals surface area contributed by atoms with Crippen molar-refractivity contribution in [2.75, 3.05) is 19.7 Å². The Morgan fingerprint density at radius 2 is 1.96 bits per heavy atom. The molecule has 1 aromatic rings. The van der Waals surface area contributed by atoms with Crippen LogP contribution in [0.2, 0.25) is 0 Å². The predicted octanol–water partition coefficient (Wildman–Crippen LogP) is 1.39. The zero-order chi connectivity index (χ0) is 19.8. The molecule has 8 heteroatoms. The number of nitrogens with zero attached hydrogens (tertiary/aromatic N) is 1. The van der Waals surface area contributed by atoms with Crippen molar-refractivity contribution in [3.8, 4) is 5.75 Å². The van der Waals surface area contributed by atoms with Gasteiger partial charge in [0.15, 0.2) is 6.61 Å². The van der Waals surface area contributed by atoms with Crippen molar-refractivity contribution < 1.29 is 24.2 Å². The van der Waals surface area contributed by atoms with Crippen molar-refractivity contribution in [2.45, 2.75) is 45.2 Å². The van der Waals surface area contributed by atoms with Crippen LogP contribution in [0.5, 0.6) is 5.75 Å². The van der Waals surface area contributed by atoms with Gasteiger partial charge in [-0.05, 0) is 50.8 Å². The number of benzene rings is 1. The lowest BCUT2D eigenvalue weighted by molar-refractivity contribution is -0.139. The molecule has 0 saturated carbocycles. The number of carbonyl (C=O) groups is 3. The largest absolute Gasteiger partial charge is 0.482 e. The van der Waals surface area contributed by atoms with Gasteiger partial charge in [0.2, 0.25) is 5.91 Å². The number of ether oxygens (including phenoxy) is 1. The number of aliphatic carboxylic acids is 1. The van der Waals surface area contributed by atoms with Crippen molar-refractivity contribution >= 4 is 17.9 Å². The third-order valence-electron chi connectivity index (χ3n) is 4.23. The molecule has 3 N–H and O–H groups in total. The van der Waals surface area contributed by atoms with Gasteiger partial charge in [0, 0.05) is 19.1 Å². The number of rotatable bonds is 8. The summed E-state index contributed by atoms with van der Waals surface area (Å²) in [7, 11) is 0. The maximum atomic E-state index is 12.4. The van der Waals surface area contributed by atoms with Crippen LogP contribution in [0.4, 0.5) is 4.79 Å². The third kappa shape index (κ3) is 6.47. The van der Waals surface area contributed by atoms with E-state index in [9.17, 15) is 14.4 Å². The number of carboxylic acids is 1. The lowest BCUT2D eigenvalue weighted by atomic mass is 10.1. The summed E-state index contributed by atoms with van der Waals surface area (Å²) in [5.74, 6) is -0.666. The van der Waals surface area contributed by atoms with Gasteiger partial charge in [-0.15, -0.1) is 0 Å². The van der Waals surface area contributed by atoms with Crippen molar-refractivity contribution in [3.63, 3.8) is 0 Å². The molecule has 0 spiro atoms. The van der Waals surface area contributed by atoms with E-state index in [1.807, 2.05) is 26.0 Å². The number of carbonyl (C=O) groups excluding carboxylic acids is 2. The van der Waals surface area contributed by atoms with Crippen molar-refractivity contribution in [3.05, 3.63) is 29.8 Å². The molecule has 8 nitrogen and oxygen atoms in total. The Bertz CT molecular complexity index is 660. The number of amides is 3. The molecule has 1 aromatic carbocycles. The summed E-state index contributed by atoms with van der Waals surface area (Å²) in [6.07, 6.45) is 2.13.